The molecule has 0 unspecified atom stereocenters. The Labute approximate surface area is 192 Å². The molecule has 5 aromatic rings. The summed E-state index contributed by atoms with van der Waals surface area (Å²) in [5, 5.41) is 12.4. The molecule has 172 valence electrons. The standard InChI is InChI=1S/C24H12F6N2OS/c25-23(26,27)17-7-3-8-18(20(17)24(28,29)30)33-22-16-12-14-6-2-1-5-13(14)11-15(16)21(31-32-22)19-9-4-10-34-19/h1-12H. The topological polar surface area (TPSA) is 35.0 Å². The molecule has 10 heteroatoms. The lowest BCUT2D eigenvalue weighted by Crippen LogP contribution is -2.17. The summed E-state index contributed by atoms with van der Waals surface area (Å²) in [6.45, 7) is 0. The van der Waals surface area contributed by atoms with E-state index in [2.05, 4.69) is 10.2 Å². The van der Waals surface area contributed by atoms with Crippen LogP contribution >= 0.6 is 11.3 Å². The van der Waals surface area contributed by atoms with Gasteiger partial charge >= 0.3 is 12.4 Å². The second-order valence-electron chi connectivity index (χ2n) is 7.35. The number of ether oxygens (including phenoxy) is 1. The zero-order valence-corrected chi connectivity index (χ0v) is 17.7. The Morgan fingerprint density at radius 2 is 1.41 bits per heavy atom. The van der Waals surface area contributed by atoms with Crippen LogP contribution in [0.5, 0.6) is 11.6 Å². The molecule has 0 atom stereocenters. The second kappa shape index (κ2) is 7.98. The summed E-state index contributed by atoms with van der Waals surface area (Å²) in [6.07, 6.45) is -10.5. The van der Waals surface area contributed by atoms with Gasteiger partial charge in [-0.05, 0) is 46.5 Å². The molecule has 3 aromatic carbocycles. The first-order chi connectivity index (χ1) is 16.1. The van der Waals surface area contributed by atoms with E-state index in [9.17, 15) is 26.3 Å². The monoisotopic (exact) mass is 490 g/mol. The summed E-state index contributed by atoms with van der Waals surface area (Å²) >= 11 is 1.40. The van der Waals surface area contributed by atoms with E-state index in [4.69, 9.17) is 4.74 Å². The van der Waals surface area contributed by atoms with Crippen LogP contribution in [-0.2, 0) is 12.4 Å². The molecule has 5 rings (SSSR count). The largest absolute Gasteiger partial charge is 0.436 e. The zero-order valence-electron chi connectivity index (χ0n) is 16.9. The highest BCUT2D eigenvalue weighted by Gasteiger charge is 2.45. The maximum Gasteiger partial charge on any atom is 0.420 e. The van der Waals surface area contributed by atoms with Gasteiger partial charge < -0.3 is 4.74 Å². The number of benzene rings is 3. The zero-order chi connectivity index (χ0) is 24.1. The Morgan fingerprint density at radius 3 is 2.03 bits per heavy atom. The predicted octanol–water partition coefficient (Wildman–Crippen LogP) is 8.34. The Kier molecular flexibility index (Phi) is 5.20. The van der Waals surface area contributed by atoms with Crippen molar-refractivity contribution < 1.29 is 31.1 Å². The van der Waals surface area contributed by atoms with Crippen molar-refractivity contribution in [3.05, 3.63) is 83.2 Å². The van der Waals surface area contributed by atoms with Gasteiger partial charge in [0.2, 0.25) is 5.88 Å². The molecular formula is C24H12F6N2OS. The summed E-state index contributed by atoms with van der Waals surface area (Å²) in [6, 6.07) is 16.5. The number of rotatable bonds is 3. The van der Waals surface area contributed by atoms with Gasteiger partial charge in [-0.2, -0.15) is 26.3 Å². The van der Waals surface area contributed by atoms with E-state index in [1.165, 1.54) is 11.3 Å². The third kappa shape index (κ3) is 3.94. The van der Waals surface area contributed by atoms with Crippen molar-refractivity contribution in [2.75, 3.05) is 0 Å². The number of halogens is 6. The van der Waals surface area contributed by atoms with E-state index in [-0.39, 0.29) is 5.88 Å². The molecule has 0 aliphatic rings. The van der Waals surface area contributed by atoms with Crippen molar-refractivity contribution >= 4 is 32.9 Å². The summed E-state index contributed by atoms with van der Waals surface area (Å²) in [5.74, 6) is -1.33. The van der Waals surface area contributed by atoms with Gasteiger partial charge in [-0.1, -0.05) is 36.4 Å². The van der Waals surface area contributed by atoms with Gasteiger partial charge in [0.05, 0.1) is 10.4 Å². The number of alkyl halides is 6. The molecule has 0 aliphatic heterocycles. The van der Waals surface area contributed by atoms with E-state index in [0.717, 1.165) is 27.8 Å². The summed E-state index contributed by atoms with van der Waals surface area (Å²) in [5.41, 5.74) is -3.26. The fraction of sp³-hybridized carbons (Fsp3) is 0.0833. The highest BCUT2D eigenvalue weighted by Crippen LogP contribution is 2.46. The van der Waals surface area contributed by atoms with E-state index < -0.39 is 29.2 Å². The highest BCUT2D eigenvalue weighted by molar-refractivity contribution is 7.13. The molecule has 0 aliphatic carbocycles. The van der Waals surface area contributed by atoms with Gasteiger partial charge in [-0.15, -0.1) is 21.5 Å². The van der Waals surface area contributed by atoms with E-state index in [1.54, 1.807) is 24.3 Å². The second-order valence-corrected chi connectivity index (χ2v) is 8.30. The molecule has 34 heavy (non-hydrogen) atoms. The minimum absolute atomic E-state index is 0.322. The molecule has 0 saturated heterocycles. The average molecular weight is 490 g/mol. The lowest BCUT2D eigenvalue weighted by molar-refractivity contribution is -0.162. The lowest BCUT2D eigenvalue weighted by atomic mass is 10.0. The molecule has 3 nitrogen and oxygen atoms in total. The van der Waals surface area contributed by atoms with Crippen LogP contribution in [0.1, 0.15) is 11.1 Å². The maximum absolute atomic E-state index is 13.7. The van der Waals surface area contributed by atoms with Gasteiger partial charge in [0.1, 0.15) is 17.0 Å². The first-order valence-electron chi connectivity index (χ1n) is 9.81. The van der Waals surface area contributed by atoms with Gasteiger partial charge in [0.25, 0.3) is 0 Å². The third-order valence-electron chi connectivity index (χ3n) is 5.19. The quantitative estimate of drug-likeness (QED) is 0.188. The molecule has 2 aromatic heterocycles. The van der Waals surface area contributed by atoms with E-state index >= 15 is 0 Å². The normalized spacial score (nSPS) is 12.4. The molecule has 0 fully saturated rings. The number of fused-ring (bicyclic) bond motifs is 2. The number of thiophene rings is 1. The van der Waals surface area contributed by atoms with Crippen LogP contribution in [-0.4, -0.2) is 10.2 Å². The highest BCUT2D eigenvalue weighted by atomic mass is 32.1. The summed E-state index contributed by atoms with van der Waals surface area (Å²) in [4.78, 5) is 0.773. The Balaban J connectivity index is 1.75. The van der Waals surface area contributed by atoms with Gasteiger partial charge in [-0.3, -0.25) is 0 Å². The lowest BCUT2D eigenvalue weighted by Gasteiger charge is -2.19. The van der Waals surface area contributed by atoms with Crippen molar-refractivity contribution in [3.8, 4) is 22.2 Å². The van der Waals surface area contributed by atoms with Gasteiger partial charge in [0.15, 0.2) is 0 Å². The van der Waals surface area contributed by atoms with Crippen molar-refractivity contribution in [3.63, 3.8) is 0 Å². The van der Waals surface area contributed by atoms with Crippen LogP contribution < -0.4 is 4.74 Å². The molecule has 0 bridgehead atoms. The maximum atomic E-state index is 13.7. The molecular weight excluding hydrogens is 478 g/mol. The predicted molar refractivity (Wildman–Crippen MR) is 117 cm³/mol. The number of aromatic nitrogens is 2. The van der Waals surface area contributed by atoms with Gasteiger partial charge in [-0.25, -0.2) is 0 Å². The van der Waals surface area contributed by atoms with Crippen LogP contribution in [0.4, 0.5) is 26.3 Å². The van der Waals surface area contributed by atoms with Crippen molar-refractivity contribution in [2.24, 2.45) is 0 Å². The summed E-state index contributed by atoms with van der Waals surface area (Å²) < 4.78 is 86.6. The van der Waals surface area contributed by atoms with E-state index in [0.29, 0.717) is 22.5 Å². The molecule has 0 radical (unpaired) electrons. The van der Waals surface area contributed by atoms with Crippen LogP contribution in [0.2, 0.25) is 0 Å². The minimum Gasteiger partial charge on any atom is -0.436 e. The molecule has 2 heterocycles. The van der Waals surface area contributed by atoms with E-state index in [1.807, 2.05) is 29.6 Å². The smallest absolute Gasteiger partial charge is 0.420 e. The SMILES string of the molecule is FC(F)(F)c1cccc(Oc2nnc(-c3cccs3)c3cc4ccccc4cc23)c1C(F)(F)F. The Morgan fingerprint density at radius 1 is 0.706 bits per heavy atom. The van der Waals surface area contributed by atoms with Crippen LogP contribution in [0, 0.1) is 0 Å². The fourth-order valence-electron chi connectivity index (χ4n) is 3.74. The van der Waals surface area contributed by atoms with Crippen molar-refractivity contribution in [1.29, 1.82) is 0 Å². The minimum atomic E-state index is -5.31. The average Bonchev–Trinajstić information content (AvgIpc) is 3.31. The number of hydrogen-bond acceptors (Lipinski definition) is 4. The van der Waals surface area contributed by atoms with Crippen LogP contribution in [0.3, 0.4) is 0 Å². The molecule has 0 N–H and O–H groups in total. The number of hydrogen-bond donors (Lipinski definition) is 0. The van der Waals surface area contributed by atoms with Crippen LogP contribution in [0.25, 0.3) is 32.1 Å². The third-order valence-corrected chi connectivity index (χ3v) is 6.07. The Bertz CT molecular complexity index is 1510. The van der Waals surface area contributed by atoms with Crippen molar-refractivity contribution in [2.45, 2.75) is 12.4 Å². The summed E-state index contributed by atoms with van der Waals surface area (Å²) in [7, 11) is 0. The first kappa shape index (κ1) is 22.1. The fourth-order valence-corrected chi connectivity index (χ4v) is 4.46. The first-order valence-corrected chi connectivity index (χ1v) is 10.7. The van der Waals surface area contributed by atoms with Crippen LogP contribution in [0.15, 0.2) is 72.1 Å². The molecule has 0 amide bonds. The van der Waals surface area contributed by atoms with Crippen molar-refractivity contribution in [1.82, 2.24) is 10.2 Å². The van der Waals surface area contributed by atoms with Gasteiger partial charge in [0, 0.05) is 10.8 Å². The Hall–Kier alpha value is -3.66. The molecule has 0 spiro atoms. The molecule has 0 saturated carbocycles. The number of nitrogens with zero attached hydrogens (tertiary/aromatic N) is 2.